The van der Waals surface area contributed by atoms with Crippen LogP contribution in [-0.2, 0) is 12.8 Å². The lowest BCUT2D eigenvalue weighted by Gasteiger charge is -2.18. The number of aromatic nitrogens is 3. The molecular weight excluding hydrogens is 272 g/mol. The van der Waals surface area contributed by atoms with E-state index >= 15 is 0 Å². The third-order valence-electron chi connectivity index (χ3n) is 3.64. The molecule has 0 aliphatic heterocycles. The quantitative estimate of drug-likeness (QED) is 0.943. The Morgan fingerprint density at radius 2 is 2.40 bits per heavy atom. The van der Waals surface area contributed by atoms with E-state index in [4.69, 9.17) is 0 Å². The van der Waals surface area contributed by atoms with Gasteiger partial charge in [0.2, 0.25) is 0 Å². The van der Waals surface area contributed by atoms with Gasteiger partial charge in [-0.15, -0.1) is 11.3 Å². The van der Waals surface area contributed by atoms with E-state index in [0.717, 1.165) is 24.5 Å². The van der Waals surface area contributed by atoms with Crippen molar-refractivity contribution in [3.8, 4) is 0 Å². The second-order valence-corrected chi connectivity index (χ2v) is 6.03. The van der Waals surface area contributed by atoms with Gasteiger partial charge in [-0.05, 0) is 25.2 Å². The van der Waals surface area contributed by atoms with Crippen molar-refractivity contribution in [2.24, 2.45) is 5.92 Å². The highest BCUT2D eigenvalue weighted by molar-refractivity contribution is 7.15. The normalized spacial score (nSPS) is 17.6. The Kier molecular flexibility index (Phi) is 3.73. The van der Waals surface area contributed by atoms with Gasteiger partial charge in [0.15, 0.2) is 5.13 Å². The van der Waals surface area contributed by atoms with Crippen LogP contribution in [0.5, 0.6) is 0 Å². The molecule has 1 N–H and O–H groups in total. The predicted molar refractivity (Wildman–Crippen MR) is 77.9 cm³/mol. The fraction of sp³-hybridized carbons (Fsp3) is 0.429. The second-order valence-electron chi connectivity index (χ2n) is 4.95. The predicted octanol–water partition coefficient (Wildman–Crippen LogP) is 2.70. The molecule has 2 aromatic rings. The van der Waals surface area contributed by atoms with Crippen molar-refractivity contribution in [2.75, 3.05) is 5.32 Å². The average Bonchev–Trinajstić information content (AvgIpc) is 2.89. The van der Waals surface area contributed by atoms with Crippen LogP contribution in [0.2, 0.25) is 0 Å². The summed E-state index contributed by atoms with van der Waals surface area (Å²) >= 11 is 1.59. The molecule has 1 amide bonds. The Hall–Kier alpha value is -1.82. The van der Waals surface area contributed by atoms with Gasteiger partial charge < -0.3 is 0 Å². The number of hydrogen-bond acceptors (Lipinski definition) is 5. The molecule has 2 aromatic heterocycles. The molecule has 104 valence electrons. The van der Waals surface area contributed by atoms with Crippen molar-refractivity contribution >= 4 is 22.4 Å². The van der Waals surface area contributed by atoms with Gasteiger partial charge in [-0.3, -0.25) is 15.1 Å². The second kappa shape index (κ2) is 5.66. The molecule has 0 unspecified atom stereocenters. The minimum Gasteiger partial charge on any atom is -0.296 e. The van der Waals surface area contributed by atoms with E-state index in [0.29, 0.717) is 10.8 Å². The molecule has 0 fully saturated rings. The van der Waals surface area contributed by atoms with E-state index in [1.54, 1.807) is 17.5 Å². The van der Waals surface area contributed by atoms with E-state index in [-0.39, 0.29) is 5.91 Å². The third-order valence-corrected chi connectivity index (χ3v) is 4.67. The first kappa shape index (κ1) is 13.2. The number of fused-ring (bicyclic) bond motifs is 1. The topological polar surface area (TPSA) is 67.8 Å². The van der Waals surface area contributed by atoms with Crippen LogP contribution in [0.1, 0.15) is 40.8 Å². The summed E-state index contributed by atoms with van der Waals surface area (Å²) in [6.45, 7) is 2.23. The highest BCUT2D eigenvalue weighted by Gasteiger charge is 2.22. The van der Waals surface area contributed by atoms with Gasteiger partial charge in [-0.25, -0.2) is 9.97 Å². The van der Waals surface area contributed by atoms with Crippen LogP contribution in [0.3, 0.4) is 0 Å². The Bertz CT molecular complexity index is 611. The number of amides is 1. The molecule has 0 aromatic carbocycles. The molecule has 20 heavy (non-hydrogen) atoms. The average molecular weight is 288 g/mol. The zero-order chi connectivity index (χ0) is 13.9. The summed E-state index contributed by atoms with van der Waals surface area (Å²) in [6, 6.07) is 0. The van der Waals surface area contributed by atoms with E-state index in [1.807, 2.05) is 0 Å². The van der Waals surface area contributed by atoms with Crippen LogP contribution < -0.4 is 5.32 Å². The van der Waals surface area contributed by atoms with Crippen molar-refractivity contribution < 1.29 is 4.79 Å². The first-order chi connectivity index (χ1) is 9.76. The largest absolute Gasteiger partial charge is 0.296 e. The van der Waals surface area contributed by atoms with Crippen molar-refractivity contribution in [3.63, 3.8) is 0 Å². The molecule has 0 bridgehead atoms. The maximum absolute atomic E-state index is 12.0. The molecule has 3 rings (SSSR count). The lowest BCUT2D eigenvalue weighted by molar-refractivity contribution is 0.102. The molecule has 6 heteroatoms. The number of carbonyl (C=O) groups excluding carboxylic acids is 1. The van der Waals surface area contributed by atoms with E-state index in [9.17, 15) is 4.79 Å². The highest BCUT2D eigenvalue weighted by Crippen LogP contribution is 2.33. The number of nitrogens with one attached hydrogen (secondary N) is 1. The molecule has 0 saturated heterocycles. The Morgan fingerprint density at radius 3 is 3.15 bits per heavy atom. The monoisotopic (exact) mass is 288 g/mol. The zero-order valence-electron chi connectivity index (χ0n) is 11.3. The first-order valence-corrected chi connectivity index (χ1v) is 7.64. The Balaban J connectivity index is 1.73. The number of aryl methyl sites for hydroxylation is 1. The molecule has 2 heterocycles. The van der Waals surface area contributed by atoms with Crippen LogP contribution >= 0.6 is 11.3 Å². The van der Waals surface area contributed by atoms with Crippen LogP contribution in [-0.4, -0.2) is 20.9 Å². The van der Waals surface area contributed by atoms with Crippen LogP contribution in [0, 0.1) is 5.92 Å². The van der Waals surface area contributed by atoms with E-state index < -0.39 is 0 Å². The van der Waals surface area contributed by atoms with Crippen LogP contribution in [0.25, 0.3) is 0 Å². The number of carbonyl (C=O) groups is 1. The summed E-state index contributed by atoms with van der Waals surface area (Å²) in [7, 11) is 0. The first-order valence-electron chi connectivity index (χ1n) is 6.82. The lowest BCUT2D eigenvalue weighted by Crippen LogP contribution is -2.13. The minimum absolute atomic E-state index is 0.253. The van der Waals surface area contributed by atoms with Gasteiger partial charge in [0.25, 0.3) is 5.91 Å². The van der Waals surface area contributed by atoms with Crippen LogP contribution in [0.15, 0.2) is 18.6 Å². The van der Waals surface area contributed by atoms with Crippen molar-refractivity contribution in [2.45, 2.75) is 32.6 Å². The molecule has 1 atom stereocenters. The maximum atomic E-state index is 12.0. The Labute approximate surface area is 121 Å². The van der Waals surface area contributed by atoms with Crippen molar-refractivity contribution in [3.05, 3.63) is 34.9 Å². The third kappa shape index (κ3) is 2.70. The SMILES string of the molecule is CC[C@H]1CCc2nc(NC(=O)c3cnccn3)sc2C1. The highest BCUT2D eigenvalue weighted by atomic mass is 32.1. The molecule has 1 aliphatic carbocycles. The number of nitrogens with zero attached hydrogens (tertiary/aromatic N) is 3. The summed E-state index contributed by atoms with van der Waals surface area (Å²) in [5.74, 6) is 0.503. The lowest BCUT2D eigenvalue weighted by atomic mass is 9.89. The molecule has 0 saturated carbocycles. The zero-order valence-corrected chi connectivity index (χ0v) is 12.1. The number of hydrogen-bond donors (Lipinski definition) is 1. The van der Waals surface area contributed by atoms with Gasteiger partial charge in [0.05, 0.1) is 11.9 Å². The summed E-state index contributed by atoms with van der Waals surface area (Å²) in [5.41, 5.74) is 1.46. The number of rotatable bonds is 3. The van der Waals surface area contributed by atoms with Gasteiger partial charge >= 0.3 is 0 Å². The summed E-state index contributed by atoms with van der Waals surface area (Å²) in [5, 5.41) is 3.48. The van der Waals surface area contributed by atoms with Crippen molar-refractivity contribution in [1.82, 2.24) is 15.0 Å². The van der Waals surface area contributed by atoms with E-state index in [2.05, 4.69) is 27.2 Å². The minimum atomic E-state index is -0.253. The van der Waals surface area contributed by atoms with Gasteiger partial charge in [0.1, 0.15) is 5.69 Å². The number of anilines is 1. The van der Waals surface area contributed by atoms with Crippen LogP contribution in [0.4, 0.5) is 5.13 Å². The molecule has 0 radical (unpaired) electrons. The standard InChI is InChI=1S/C14H16N4OS/c1-2-9-3-4-10-12(7-9)20-14(17-10)18-13(19)11-8-15-5-6-16-11/h5-6,8-9H,2-4,7H2,1H3,(H,17,18,19)/t9-/m0/s1. The maximum Gasteiger partial charge on any atom is 0.277 e. The van der Waals surface area contributed by atoms with Gasteiger partial charge in [0, 0.05) is 17.3 Å². The summed E-state index contributed by atoms with van der Waals surface area (Å²) in [6.07, 6.45) is 9.02. The van der Waals surface area contributed by atoms with Crippen molar-refractivity contribution in [1.29, 1.82) is 0 Å². The van der Waals surface area contributed by atoms with E-state index in [1.165, 1.54) is 30.1 Å². The Morgan fingerprint density at radius 1 is 1.50 bits per heavy atom. The fourth-order valence-electron chi connectivity index (χ4n) is 2.42. The van der Waals surface area contributed by atoms with Gasteiger partial charge in [-0.2, -0.15) is 0 Å². The van der Waals surface area contributed by atoms with Gasteiger partial charge in [-0.1, -0.05) is 13.3 Å². The smallest absolute Gasteiger partial charge is 0.277 e. The molecule has 5 nitrogen and oxygen atoms in total. The summed E-state index contributed by atoms with van der Waals surface area (Å²) < 4.78 is 0. The fourth-order valence-corrected chi connectivity index (χ4v) is 3.54. The molecular formula is C14H16N4OS. The molecule has 0 spiro atoms. The molecule has 1 aliphatic rings. The number of thiazole rings is 1. The summed E-state index contributed by atoms with van der Waals surface area (Å²) in [4.78, 5) is 25.7.